The number of hydrogen-bond acceptors (Lipinski definition) is 16. The second kappa shape index (κ2) is 8.53. The van der Waals surface area contributed by atoms with E-state index >= 15 is 0 Å². The highest BCUT2D eigenvalue weighted by Crippen LogP contribution is 2.60. The molecule has 1 fully saturated rings. The van der Waals surface area contributed by atoms with E-state index in [9.17, 15) is 48.3 Å². The maximum Gasteiger partial charge on any atom is 0.278 e. The first-order valence-electron chi connectivity index (χ1n) is 7.82. The van der Waals surface area contributed by atoms with E-state index in [1.165, 1.54) is 0 Å². The number of imidazole rings is 1. The molecule has 3 N–H and O–H groups in total. The topological polar surface area (TPSA) is 284 Å². The van der Waals surface area contributed by atoms with Crippen LogP contribution in [0.3, 0.4) is 0 Å². The summed E-state index contributed by atoms with van der Waals surface area (Å²) in [7, 11) is -18.1. The van der Waals surface area contributed by atoms with Crippen molar-refractivity contribution in [1.29, 1.82) is 0 Å². The predicted molar refractivity (Wildman–Crippen MR) is 85.0 cm³/mol. The third kappa shape index (κ3) is 5.71. The van der Waals surface area contributed by atoms with E-state index in [0.717, 1.165) is 17.2 Å². The number of aliphatic hydroxyl groups is 2. The van der Waals surface area contributed by atoms with Crippen molar-refractivity contribution >= 4 is 34.6 Å². The van der Waals surface area contributed by atoms with Gasteiger partial charge in [-0.2, -0.15) is 0 Å². The number of aromatic amines is 1. The second-order valence-corrected chi connectivity index (χ2v) is 10.2. The van der Waals surface area contributed by atoms with Crippen LogP contribution in [0.5, 0.6) is 0 Å². The van der Waals surface area contributed by atoms with E-state index in [-0.39, 0.29) is 11.2 Å². The molecule has 0 amide bonds. The Balaban J connectivity index is 1.70. The summed E-state index contributed by atoms with van der Waals surface area (Å²) in [5.41, 5.74) is -0.764. The molecular weight excluding hydrogens is 493 g/mol. The molecule has 18 nitrogen and oxygen atoms in total. The quantitative estimate of drug-likeness (QED) is 0.286. The lowest BCUT2D eigenvalue weighted by Gasteiger charge is -2.37. The van der Waals surface area contributed by atoms with E-state index < -0.39 is 60.2 Å². The van der Waals surface area contributed by atoms with Gasteiger partial charge in [0.15, 0.2) is 17.4 Å². The number of fused-ring (bicyclic) bond motifs is 1. The van der Waals surface area contributed by atoms with Gasteiger partial charge in [0.2, 0.25) is 0 Å². The lowest BCUT2D eigenvalue weighted by molar-refractivity contribution is -0.339. The number of rotatable bonds is 8. The molecule has 21 heteroatoms. The number of phosphoric ester groups is 1. The fourth-order valence-corrected chi connectivity index (χ4v) is 5.46. The van der Waals surface area contributed by atoms with Crippen LogP contribution in [0.2, 0.25) is 0 Å². The normalized spacial score (nSPS) is 28.5. The van der Waals surface area contributed by atoms with Crippen molar-refractivity contribution in [2.75, 3.05) is 6.61 Å². The van der Waals surface area contributed by atoms with Gasteiger partial charge < -0.3 is 48.6 Å². The van der Waals surface area contributed by atoms with Gasteiger partial charge >= 0.3 is 0 Å². The molecule has 0 bridgehead atoms. The number of ether oxygens (including phenoxy) is 1. The van der Waals surface area contributed by atoms with E-state index in [4.69, 9.17) is 4.74 Å². The third-order valence-electron chi connectivity index (χ3n) is 3.77. The summed E-state index contributed by atoms with van der Waals surface area (Å²) in [5, 5.41) is 20.3. The number of H-pyrrole nitrogens is 1. The first-order chi connectivity index (χ1) is 14.2. The SMILES string of the molecule is O=c1[nH]cnc2c1ncn2C1OC(COP(=O)([O-])OP(=O)([O-])OP(=O)([O-])[O-])C(O)C1O. The van der Waals surface area contributed by atoms with Gasteiger partial charge in [0.1, 0.15) is 18.3 Å². The van der Waals surface area contributed by atoms with Crippen molar-refractivity contribution in [3.05, 3.63) is 23.0 Å². The molecular formula is C10H11N4O14P3-4. The number of hydrogen-bond donors (Lipinski definition) is 3. The largest absolute Gasteiger partial charge is 0.790 e. The van der Waals surface area contributed by atoms with Gasteiger partial charge in [-0.05, 0) is 0 Å². The molecule has 2 aromatic rings. The Morgan fingerprint density at radius 2 is 1.77 bits per heavy atom. The Kier molecular flexibility index (Phi) is 6.68. The third-order valence-corrected chi connectivity index (χ3v) is 7.44. The van der Waals surface area contributed by atoms with Crippen LogP contribution in [0.1, 0.15) is 6.23 Å². The molecule has 6 unspecified atom stereocenters. The van der Waals surface area contributed by atoms with E-state index in [0.29, 0.717) is 0 Å². The molecule has 174 valence electrons. The zero-order valence-electron chi connectivity index (χ0n) is 14.6. The highest BCUT2D eigenvalue weighted by atomic mass is 31.3. The Morgan fingerprint density at radius 1 is 1.10 bits per heavy atom. The molecule has 2 aromatic heterocycles. The molecule has 6 atom stereocenters. The molecule has 0 spiro atoms. The predicted octanol–water partition coefficient (Wildman–Crippen LogP) is -4.45. The highest BCUT2D eigenvalue weighted by Gasteiger charge is 2.45. The maximum atomic E-state index is 11.7. The fourth-order valence-electron chi connectivity index (χ4n) is 2.59. The minimum Gasteiger partial charge on any atom is -0.790 e. The molecule has 0 saturated carbocycles. The van der Waals surface area contributed by atoms with E-state index in [1.807, 2.05) is 0 Å². The molecule has 1 aliphatic rings. The Hall–Kier alpha value is -1.36. The van der Waals surface area contributed by atoms with Gasteiger partial charge in [-0.3, -0.25) is 22.8 Å². The molecule has 1 saturated heterocycles. The van der Waals surface area contributed by atoms with Gasteiger partial charge in [0.25, 0.3) is 21.2 Å². The van der Waals surface area contributed by atoms with Crippen molar-refractivity contribution in [2.45, 2.75) is 24.5 Å². The number of aliphatic hydroxyl groups excluding tert-OH is 2. The second-order valence-electron chi connectivity index (χ2n) is 5.90. The number of phosphoric acid groups is 3. The van der Waals surface area contributed by atoms with Crippen LogP contribution >= 0.6 is 23.5 Å². The van der Waals surface area contributed by atoms with Crippen LogP contribution in [0.15, 0.2) is 17.4 Å². The van der Waals surface area contributed by atoms with Crippen molar-refractivity contribution < 1.29 is 61.4 Å². The van der Waals surface area contributed by atoms with Crippen LogP contribution in [-0.2, 0) is 31.6 Å². The van der Waals surface area contributed by atoms with E-state index in [2.05, 4.69) is 28.1 Å². The summed E-state index contributed by atoms with van der Waals surface area (Å²) in [5.74, 6) is 0. The average molecular weight is 504 g/mol. The van der Waals surface area contributed by atoms with Gasteiger partial charge in [-0.25, -0.2) is 14.3 Å². The van der Waals surface area contributed by atoms with Gasteiger partial charge in [-0.1, -0.05) is 0 Å². The number of aromatic nitrogens is 4. The molecule has 0 aromatic carbocycles. The molecule has 1 aliphatic heterocycles. The molecule has 0 radical (unpaired) electrons. The summed E-state index contributed by atoms with van der Waals surface area (Å²) < 4.78 is 50.0. The average Bonchev–Trinajstić information content (AvgIpc) is 3.13. The summed E-state index contributed by atoms with van der Waals surface area (Å²) in [4.78, 5) is 64.9. The standard InChI is InChI=1S/C10H15N4O14P3/c15-6-4(1-25-30(21,22)28-31(23,24)27-29(18,19)20)26-10(7(6)16)14-3-13-5-8(14)11-2-12-9(5)17/h2-4,6-7,10,15-16H,1H2,(H,21,22)(H,23,24)(H,11,12,17)(H2,18,19,20)/p-4. The summed E-state index contributed by atoms with van der Waals surface area (Å²) in [6.07, 6.45) is -4.35. The van der Waals surface area contributed by atoms with Crippen molar-refractivity contribution in [2.24, 2.45) is 0 Å². The summed E-state index contributed by atoms with van der Waals surface area (Å²) >= 11 is 0. The van der Waals surface area contributed by atoms with Crippen molar-refractivity contribution in [3.8, 4) is 0 Å². The maximum absolute atomic E-state index is 11.7. The van der Waals surface area contributed by atoms with E-state index in [1.54, 1.807) is 0 Å². The first kappa shape index (κ1) is 24.3. The van der Waals surface area contributed by atoms with Crippen LogP contribution < -0.4 is 25.1 Å². The number of nitrogens with one attached hydrogen (secondary N) is 1. The molecule has 0 aliphatic carbocycles. The Morgan fingerprint density at radius 3 is 2.42 bits per heavy atom. The van der Waals surface area contributed by atoms with Crippen molar-refractivity contribution in [3.63, 3.8) is 0 Å². The molecule has 3 heterocycles. The Bertz CT molecular complexity index is 1160. The minimum atomic E-state index is -6.15. The summed E-state index contributed by atoms with van der Waals surface area (Å²) in [6, 6.07) is 0. The molecule has 3 rings (SSSR count). The first-order valence-corrected chi connectivity index (χ1v) is 12.2. The van der Waals surface area contributed by atoms with Crippen molar-refractivity contribution in [1.82, 2.24) is 19.5 Å². The number of nitrogens with zero attached hydrogens (tertiary/aromatic N) is 3. The monoisotopic (exact) mass is 504 g/mol. The zero-order valence-corrected chi connectivity index (χ0v) is 17.3. The van der Waals surface area contributed by atoms with Gasteiger partial charge in [-0.15, -0.1) is 0 Å². The van der Waals surface area contributed by atoms with Crippen LogP contribution in [0.4, 0.5) is 0 Å². The summed E-state index contributed by atoms with van der Waals surface area (Å²) in [6.45, 7) is -1.11. The van der Waals surface area contributed by atoms with Gasteiger partial charge in [0, 0.05) is 0 Å². The van der Waals surface area contributed by atoms with Crippen LogP contribution in [-0.4, -0.2) is 54.7 Å². The van der Waals surface area contributed by atoms with Crippen LogP contribution in [0.25, 0.3) is 11.2 Å². The lowest BCUT2D eigenvalue weighted by Crippen LogP contribution is -2.34. The minimum absolute atomic E-state index is 0.0384. The van der Waals surface area contributed by atoms with Crippen LogP contribution in [0, 0.1) is 0 Å². The fraction of sp³-hybridized carbons (Fsp3) is 0.500. The molecule has 31 heavy (non-hydrogen) atoms. The Labute approximate surface area is 170 Å². The smallest absolute Gasteiger partial charge is 0.278 e. The van der Waals surface area contributed by atoms with Gasteiger partial charge in [0.05, 0.1) is 27.1 Å². The highest BCUT2D eigenvalue weighted by molar-refractivity contribution is 7.64. The zero-order chi connectivity index (χ0) is 23.2. The lowest BCUT2D eigenvalue weighted by atomic mass is 10.1.